The highest BCUT2D eigenvalue weighted by Crippen LogP contribution is 2.38. The number of nitrogens with two attached hydrogens (primary N) is 1. The molecule has 0 aromatic rings. The molecule has 1 amide bonds. The number of rotatable bonds is 4. The molecule has 1 aliphatic rings. The second-order valence-electron chi connectivity index (χ2n) is 4.13. The Balaban J connectivity index is 2.54. The van der Waals surface area contributed by atoms with Gasteiger partial charge in [-0.15, -0.1) is 0 Å². The van der Waals surface area contributed by atoms with Crippen LogP contribution in [0.5, 0.6) is 0 Å². The highest BCUT2D eigenvalue weighted by molar-refractivity contribution is 5.86. The lowest BCUT2D eigenvalue weighted by atomic mass is 9.95. The Labute approximate surface area is 82.2 Å². The summed E-state index contributed by atoms with van der Waals surface area (Å²) >= 11 is 0. The summed E-state index contributed by atoms with van der Waals surface area (Å²) < 4.78 is 24.0. The van der Waals surface area contributed by atoms with Gasteiger partial charge in [0.15, 0.2) is 0 Å². The molecule has 0 heterocycles. The van der Waals surface area contributed by atoms with Crippen molar-refractivity contribution in [2.75, 3.05) is 13.6 Å². The van der Waals surface area contributed by atoms with E-state index in [1.165, 1.54) is 7.05 Å². The van der Waals surface area contributed by atoms with E-state index >= 15 is 0 Å². The van der Waals surface area contributed by atoms with E-state index in [2.05, 4.69) is 0 Å². The molecule has 82 valence electrons. The van der Waals surface area contributed by atoms with Crippen LogP contribution < -0.4 is 5.73 Å². The van der Waals surface area contributed by atoms with Gasteiger partial charge in [-0.2, -0.15) is 0 Å². The smallest absolute Gasteiger partial charge is 0.255 e. The summed E-state index contributed by atoms with van der Waals surface area (Å²) in [4.78, 5) is 12.7. The Hall–Kier alpha value is -0.710. The zero-order valence-electron chi connectivity index (χ0n) is 8.46. The fourth-order valence-corrected chi connectivity index (χ4v) is 1.56. The maximum Gasteiger partial charge on any atom is 0.255 e. The van der Waals surface area contributed by atoms with Crippen LogP contribution in [0.4, 0.5) is 8.78 Å². The predicted octanol–water partition coefficient (Wildman–Crippen LogP) is 0.837. The zero-order valence-corrected chi connectivity index (χ0v) is 8.46. The van der Waals surface area contributed by atoms with Crippen LogP contribution in [0.15, 0.2) is 0 Å². The molecule has 0 bridgehead atoms. The third-order valence-corrected chi connectivity index (χ3v) is 2.64. The highest BCUT2D eigenvalue weighted by Gasteiger charge is 2.45. The fraction of sp³-hybridized carbons (Fsp3) is 0.889. The van der Waals surface area contributed by atoms with Gasteiger partial charge in [0.05, 0.1) is 12.1 Å². The van der Waals surface area contributed by atoms with Gasteiger partial charge in [-0.05, 0) is 25.7 Å². The monoisotopic (exact) mass is 206 g/mol. The SMILES string of the molecule is CN(CC(F)F)C(=O)C(C)(N)C1CC1. The van der Waals surface area contributed by atoms with Crippen molar-refractivity contribution in [3.8, 4) is 0 Å². The number of nitrogens with zero attached hydrogens (tertiary/aromatic N) is 1. The quantitative estimate of drug-likeness (QED) is 0.740. The van der Waals surface area contributed by atoms with Gasteiger partial charge in [0.25, 0.3) is 6.43 Å². The molecule has 1 unspecified atom stereocenters. The third-order valence-electron chi connectivity index (χ3n) is 2.64. The average molecular weight is 206 g/mol. The Kier molecular flexibility index (Phi) is 3.09. The van der Waals surface area contributed by atoms with Crippen molar-refractivity contribution in [3.63, 3.8) is 0 Å². The molecule has 0 spiro atoms. The van der Waals surface area contributed by atoms with Crippen molar-refractivity contribution in [2.45, 2.75) is 31.7 Å². The molecule has 0 saturated heterocycles. The summed E-state index contributed by atoms with van der Waals surface area (Å²) in [6, 6.07) is 0. The van der Waals surface area contributed by atoms with Crippen molar-refractivity contribution >= 4 is 5.91 Å². The first-order chi connectivity index (χ1) is 6.35. The molecule has 0 aromatic carbocycles. The van der Waals surface area contributed by atoms with Gasteiger partial charge < -0.3 is 10.6 Å². The summed E-state index contributed by atoms with van der Waals surface area (Å²) in [5, 5.41) is 0. The van der Waals surface area contributed by atoms with Crippen molar-refractivity contribution in [1.29, 1.82) is 0 Å². The summed E-state index contributed by atoms with van der Waals surface area (Å²) in [5.41, 5.74) is 4.84. The van der Waals surface area contributed by atoms with Crippen LogP contribution in [0.3, 0.4) is 0 Å². The van der Waals surface area contributed by atoms with Crippen molar-refractivity contribution in [2.24, 2.45) is 11.7 Å². The number of carbonyl (C=O) groups excluding carboxylic acids is 1. The zero-order chi connectivity index (χ0) is 10.9. The maximum atomic E-state index is 12.0. The molecule has 3 nitrogen and oxygen atoms in total. The van der Waals surface area contributed by atoms with Crippen molar-refractivity contribution < 1.29 is 13.6 Å². The van der Waals surface area contributed by atoms with Gasteiger partial charge in [0.1, 0.15) is 0 Å². The molecule has 0 radical (unpaired) electrons. The highest BCUT2D eigenvalue weighted by atomic mass is 19.3. The van der Waals surface area contributed by atoms with E-state index < -0.39 is 18.5 Å². The first-order valence-corrected chi connectivity index (χ1v) is 4.68. The van der Waals surface area contributed by atoms with E-state index in [9.17, 15) is 13.6 Å². The second kappa shape index (κ2) is 3.81. The predicted molar refractivity (Wildman–Crippen MR) is 49.0 cm³/mol. The molecular weight excluding hydrogens is 190 g/mol. The van der Waals surface area contributed by atoms with Crippen LogP contribution in [-0.2, 0) is 4.79 Å². The van der Waals surface area contributed by atoms with E-state index in [1.54, 1.807) is 6.92 Å². The number of hydrogen-bond donors (Lipinski definition) is 1. The number of amides is 1. The number of likely N-dealkylation sites (N-methyl/N-ethyl adjacent to an activating group) is 1. The lowest BCUT2D eigenvalue weighted by Crippen LogP contribution is -2.54. The van der Waals surface area contributed by atoms with E-state index in [4.69, 9.17) is 5.73 Å². The minimum Gasteiger partial charge on any atom is -0.338 e. The van der Waals surface area contributed by atoms with Gasteiger partial charge in [0, 0.05) is 7.05 Å². The van der Waals surface area contributed by atoms with Gasteiger partial charge in [-0.1, -0.05) is 0 Å². The van der Waals surface area contributed by atoms with Crippen molar-refractivity contribution in [3.05, 3.63) is 0 Å². The third kappa shape index (κ3) is 2.41. The van der Waals surface area contributed by atoms with Gasteiger partial charge >= 0.3 is 0 Å². The molecule has 1 fully saturated rings. The average Bonchev–Trinajstić information content (AvgIpc) is 2.83. The maximum absolute atomic E-state index is 12.0. The summed E-state index contributed by atoms with van der Waals surface area (Å²) in [5.74, 6) is -0.226. The minimum absolute atomic E-state index is 0.162. The molecule has 1 saturated carbocycles. The van der Waals surface area contributed by atoms with Gasteiger partial charge in [0.2, 0.25) is 5.91 Å². The van der Waals surface area contributed by atoms with Crippen LogP contribution in [0.25, 0.3) is 0 Å². The lowest BCUT2D eigenvalue weighted by Gasteiger charge is -2.29. The number of carbonyl (C=O) groups is 1. The Morgan fingerprint density at radius 3 is 2.50 bits per heavy atom. The van der Waals surface area contributed by atoms with Crippen LogP contribution in [0.1, 0.15) is 19.8 Å². The Bertz CT molecular complexity index is 227. The van der Waals surface area contributed by atoms with Crippen LogP contribution in [0, 0.1) is 5.92 Å². The normalized spacial score (nSPS) is 20.7. The largest absolute Gasteiger partial charge is 0.338 e. The summed E-state index contributed by atoms with van der Waals surface area (Å²) in [7, 11) is 1.36. The van der Waals surface area contributed by atoms with Gasteiger partial charge in [-0.25, -0.2) is 8.78 Å². The topological polar surface area (TPSA) is 46.3 Å². The molecular formula is C9H16F2N2O. The molecule has 0 aromatic heterocycles. The van der Waals surface area contributed by atoms with E-state index in [1.807, 2.05) is 0 Å². The second-order valence-corrected chi connectivity index (χ2v) is 4.13. The van der Waals surface area contributed by atoms with E-state index in [0.717, 1.165) is 17.7 Å². The van der Waals surface area contributed by atoms with Crippen molar-refractivity contribution in [1.82, 2.24) is 4.90 Å². The van der Waals surface area contributed by atoms with E-state index in [-0.39, 0.29) is 11.8 Å². The minimum atomic E-state index is -2.50. The molecule has 14 heavy (non-hydrogen) atoms. The summed E-state index contributed by atoms with van der Waals surface area (Å²) in [6.07, 6.45) is -0.665. The number of halogens is 2. The van der Waals surface area contributed by atoms with Crippen LogP contribution in [-0.4, -0.2) is 36.4 Å². The van der Waals surface area contributed by atoms with E-state index in [0.29, 0.717) is 0 Å². The first kappa shape index (κ1) is 11.4. The molecule has 2 N–H and O–H groups in total. The standard InChI is InChI=1S/C9H16F2N2O/c1-9(12,6-3-4-6)8(14)13(2)5-7(10)11/h6-7H,3-5,12H2,1-2H3. The molecule has 1 aliphatic carbocycles. The molecule has 5 heteroatoms. The van der Waals surface area contributed by atoms with Gasteiger partial charge in [-0.3, -0.25) is 4.79 Å². The molecule has 1 atom stereocenters. The fourth-order valence-electron chi connectivity index (χ4n) is 1.56. The Morgan fingerprint density at radius 1 is 1.64 bits per heavy atom. The van der Waals surface area contributed by atoms with Crippen LogP contribution in [0.2, 0.25) is 0 Å². The lowest BCUT2D eigenvalue weighted by molar-refractivity contribution is -0.137. The summed E-state index contributed by atoms with van der Waals surface area (Å²) in [6.45, 7) is 1.08. The number of hydrogen-bond acceptors (Lipinski definition) is 2. The molecule has 1 rings (SSSR count). The first-order valence-electron chi connectivity index (χ1n) is 4.68. The molecule has 0 aliphatic heterocycles. The van der Waals surface area contributed by atoms with Crippen LogP contribution >= 0.6 is 0 Å². The Morgan fingerprint density at radius 2 is 2.14 bits per heavy atom. The number of alkyl halides is 2.